The Hall–Kier alpha value is -2.50. The highest BCUT2D eigenvalue weighted by molar-refractivity contribution is 9.10. The van der Waals surface area contributed by atoms with Crippen molar-refractivity contribution >= 4 is 21.9 Å². The number of hydrogen-bond acceptors (Lipinski definition) is 3. The molecule has 4 rings (SSSR count). The summed E-state index contributed by atoms with van der Waals surface area (Å²) in [7, 11) is 0. The molecule has 1 unspecified atom stereocenters. The van der Waals surface area contributed by atoms with Crippen LogP contribution < -0.4 is 0 Å². The third-order valence-corrected chi connectivity index (χ3v) is 6.19. The van der Waals surface area contributed by atoms with Gasteiger partial charge in [0.1, 0.15) is 11.9 Å². The first-order valence-electron chi connectivity index (χ1n) is 10.6. The second-order valence-electron chi connectivity index (χ2n) is 7.90. The van der Waals surface area contributed by atoms with E-state index in [0.29, 0.717) is 29.5 Å². The fourth-order valence-electron chi connectivity index (χ4n) is 4.20. The molecule has 31 heavy (non-hydrogen) atoms. The summed E-state index contributed by atoms with van der Waals surface area (Å²) in [5.74, 6) is -1.13. The van der Waals surface area contributed by atoms with E-state index < -0.39 is 5.92 Å². The maximum Gasteiger partial charge on any atom is 0.313 e. The van der Waals surface area contributed by atoms with Crippen LogP contribution in [0.25, 0.3) is 0 Å². The van der Waals surface area contributed by atoms with Gasteiger partial charge in [0, 0.05) is 17.6 Å². The minimum Gasteiger partial charge on any atom is -0.459 e. The lowest BCUT2D eigenvalue weighted by Crippen LogP contribution is -2.54. The van der Waals surface area contributed by atoms with Crippen LogP contribution in [0.4, 0.5) is 4.39 Å². The van der Waals surface area contributed by atoms with Crippen LogP contribution in [-0.4, -0.2) is 30.1 Å². The summed E-state index contributed by atoms with van der Waals surface area (Å²) in [5, 5.41) is 0. The molecule has 3 aromatic carbocycles. The first-order chi connectivity index (χ1) is 15.0. The highest BCUT2D eigenvalue weighted by atomic mass is 79.9. The van der Waals surface area contributed by atoms with Crippen LogP contribution in [0.15, 0.2) is 83.3 Å². The van der Waals surface area contributed by atoms with E-state index in [4.69, 9.17) is 4.74 Å². The number of ether oxygens (including phenoxy) is 1. The summed E-state index contributed by atoms with van der Waals surface area (Å²) >= 11 is 3.30. The van der Waals surface area contributed by atoms with Gasteiger partial charge in [-0.2, -0.15) is 0 Å². The van der Waals surface area contributed by atoms with Gasteiger partial charge in [-0.1, -0.05) is 83.5 Å². The van der Waals surface area contributed by atoms with Crippen LogP contribution in [0, 0.1) is 5.82 Å². The lowest BCUT2D eigenvalue weighted by Gasteiger charge is -2.44. The second-order valence-corrected chi connectivity index (χ2v) is 8.82. The van der Waals surface area contributed by atoms with Gasteiger partial charge in [-0.05, 0) is 41.3 Å². The molecule has 0 bridgehead atoms. The average molecular weight is 482 g/mol. The molecule has 1 atom stereocenters. The summed E-state index contributed by atoms with van der Waals surface area (Å²) in [6.45, 7) is 3.26. The molecule has 5 heteroatoms. The first-order valence-corrected chi connectivity index (χ1v) is 11.3. The number of likely N-dealkylation sites (tertiary alicyclic amines) is 1. The number of nitrogens with zero attached hydrogens (tertiary/aromatic N) is 1. The van der Waals surface area contributed by atoms with Gasteiger partial charge in [0.25, 0.3) is 0 Å². The Kier molecular flexibility index (Phi) is 6.83. The van der Waals surface area contributed by atoms with Crippen LogP contribution >= 0.6 is 15.9 Å². The average Bonchev–Trinajstić information content (AvgIpc) is 2.73. The maximum absolute atomic E-state index is 13.8. The van der Waals surface area contributed by atoms with Gasteiger partial charge < -0.3 is 4.74 Å². The molecule has 1 aliphatic rings. The van der Waals surface area contributed by atoms with Gasteiger partial charge in [-0.15, -0.1) is 0 Å². The zero-order valence-corrected chi connectivity index (χ0v) is 19.0. The molecule has 3 aromatic rings. The number of halogens is 2. The van der Waals surface area contributed by atoms with Crippen molar-refractivity contribution in [2.45, 2.75) is 31.4 Å². The Morgan fingerprint density at radius 1 is 1.00 bits per heavy atom. The molecule has 1 aliphatic heterocycles. The summed E-state index contributed by atoms with van der Waals surface area (Å²) in [6, 6.07) is 25.4. The minimum atomic E-state index is -0.472. The molecule has 0 saturated carbocycles. The van der Waals surface area contributed by atoms with Crippen LogP contribution in [0.2, 0.25) is 0 Å². The molecule has 160 valence electrons. The highest BCUT2D eigenvalue weighted by Gasteiger charge is 2.37. The Labute approximate surface area is 191 Å². The Morgan fingerprint density at radius 3 is 2.10 bits per heavy atom. The molecule has 0 aromatic heterocycles. The lowest BCUT2D eigenvalue weighted by molar-refractivity contribution is -0.160. The zero-order chi connectivity index (χ0) is 21.8. The van der Waals surface area contributed by atoms with Gasteiger partial charge in [0.2, 0.25) is 0 Å². The van der Waals surface area contributed by atoms with E-state index in [-0.39, 0.29) is 23.9 Å². The predicted molar refractivity (Wildman–Crippen MR) is 123 cm³/mol. The molecule has 0 aliphatic carbocycles. The van der Waals surface area contributed by atoms with Gasteiger partial charge in [-0.3, -0.25) is 9.69 Å². The molecule has 1 heterocycles. The fourth-order valence-corrected chi connectivity index (χ4v) is 4.68. The van der Waals surface area contributed by atoms with Crippen LogP contribution in [0.5, 0.6) is 0 Å². The van der Waals surface area contributed by atoms with Gasteiger partial charge in [0.15, 0.2) is 0 Å². The number of carbonyl (C=O) groups is 1. The molecule has 0 radical (unpaired) electrons. The van der Waals surface area contributed by atoms with Gasteiger partial charge in [-0.25, -0.2) is 4.39 Å². The Balaban J connectivity index is 1.44. The Morgan fingerprint density at radius 2 is 1.58 bits per heavy atom. The normalized spacial score (nSPS) is 15.5. The standard InChI is InChI=1S/C26H25BrFNO2/c1-2-24(20-13-21(27)15-22(28)14-20)26(30)31-23-16-29(17-23)25(18-9-5-3-6-10-18)19-11-7-4-8-12-19/h3-15,23-25H,2,16-17H2,1H3. The number of hydrogen-bond donors (Lipinski definition) is 0. The summed E-state index contributed by atoms with van der Waals surface area (Å²) < 4.78 is 20.2. The maximum atomic E-state index is 13.8. The number of carbonyl (C=O) groups excluding carboxylic acids is 1. The van der Waals surface area contributed by atoms with E-state index in [1.807, 2.05) is 43.3 Å². The van der Waals surface area contributed by atoms with E-state index in [1.54, 1.807) is 6.07 Å². The molecule has 0 N–H and O–H groups in total. The SMILES string of the molecule is CCC(C(=O)OC1CN(C(c2ccccc2)c2ccccc2)C1)c1cc(F)cc(Br)c1. The van der Waals surface area contributed by atoms with Crippen molar-refractivity contribution in [1.82, 2.24) is 4.90 Å². The van der Waals surface area contributed by atoms with Crippen molar-refractivity contribution in [1.29, 1.82) is 0 Å². The summed E-state index contributed by atoms with van der Waals surface area (Å²) in [5.41, 5.74) is 3.08. The monoisotopic (exact) mass is 481 g/mol. The quantitative estimate of drug-likeness (QED) is 0.382. The van der Waals surface area contributed by atoms with Crippen LogP contribution in [0.1, 0.15) is 42.0 Å². The van der Waals surface area contributed by atoms with E-state index >= 15 is 0 Å². The lowest BCUT2D eigenvalue weighted by atomic mass is 9.93. The third-order valence-electron chi connectivity index (χ3n) is 5.73. The summed E-state index contributed by atoms with van der Waals surface area (Å²) in [6.07, 6.45) is 0.399. The van der Waals surface area contributed by atoms with E-state index in [2.05, 4.69) is 45.1 Å². The van der Waals surface area contributed by atoms with Gasteiger partial charge in [0.05, 0.1) is 12.0 Å². The number of benzene rings is 3. The van der Waals surface area contributed by atoms with Gasteiger partial charge >= 0.3 is 5.97 Å². The molecular weight excluding hydrogens is 457 g/mol. The van der Waals surface area contributed by atoms with Crippen molar-refractivity contribution in [3.63, 3.8) is 0 Å². The number of rotatable bonds is 7. The first kappa shape index (κ1) is 21.7. The molecule has 0 spiro atoms. The highest BCUT2D eigenvalue weighted by Crippen LogP contribution is 2.34. The minimum absolute atomic E-state index is 0.124. The van der Waals surface area contributed by atoms with Crippen LogP contribution in [0.3, 0.4) is 0 Å². The molecule has 3 nitrogen and oxygen atoms in total. The fraction of sp³-hybridized carbons (Fsp3) is 0.269. The molecule has 0 amide bonds. The van der Waals surface area contributed by atoms with E-state index in [1.165, 1.54) is 23.3 Å². The van der Waals surface area contributed by atoms with E-state index in [0.717, 1.165) is 0 Å². The van der Waals surface area contributed by atoms with Crippen molar-refractivity contribution < 1.29 is 13.9 Å². The zero-order valence-electron chi connectivity index (χ0n) is 17.4. The van der Waals surface area contributed by atoms with E-state index in [9.17, 15) is 9.18 Å². The second kappa shape index (κ2) is 9.75. The largest absolute Gasteiger partial charge is 0.459 e. The summed E-state index contributed by atoms with van der Waals surface area (Å²) in [4.78, 5) is 15.2. The van der Waals surface area contributed by atoms with Crippen molar-refractivity contribution in [3.8, 4) is 0 Å². The van der Waals surface area contributed by atoms with Crippen molar-refractivity contribution in [2.75, 3.05) is 13.1 Å². The number of esters is 1. The molecular formula is C26H25BrFNO2. The van der Waals surface area contributed by atoms with Crippen molar-refractivity contribution in [2.24, 2.45) is 0 Å². The Bertz CT molecular complexity index is 962. The predicted octanol–water partition coefficient (Wildman–Crippen LogP) is 6.10. The van der Waals surface area contributed by atoms with Crippen molar-refractivity contribution in [3.05, 3.63) is 106 Å². The third kappa shape index (κ3) is 5.05. The van der Waals surface area contributed by atoms with Crippen LogP contribution in [-0.2, 0) is 9.53 Å². The smallest absolute Gasteiger partial charge is 0.313 e. The molecule has 1 saturated heterocycles. The molecule has 1 fully saturated rings. The topological polar surface area (TPSA) is 29.5 Å².